The molecule has 0 bridgehead atoms. The van der Waals surface area contributed by atoms with Crippen LogP contribution in [0.15, 0.2) is 22.7 Å². The fourth-order valence-electron chi connectivity index (χ4n) is 2.19. The van der Waals surface area contributed by atoms with Crippen molar-refractivity contribution < 1.29 is 13.3 Å². The summed E-state index contributed by atoms with van der Waals surface area (Å²) in [5.41, 5.74) is 2.15. The van der Waals surface area contributed by atoms with Gasteiger partial charge in [-0.05, 0) is 46.0 Å². The number of benzene rings is 1. The first-order chi connectivity index (χ1) is 9.40. The molecular weight excluding hydrogens is 262 g/mol. The third-order valence-electron chi connectivity index (χ3n) is 3.66. The lowest BCUT2D eigenvalue weighted by atomic mass is 10.1. The zero-order chi connectivity index (χ0) is 14.9. The van der Waals surface area contributed by atoms with Crippen molar-refractivity contribution in [3.8, 4) is 0 Å². The summed E-state index contributed by atoms with van der Waals surface area (Å²) in [5, 5.41) is 3.90. The molecule has 1 atom stereocenters. The van der Waals surface area contributed by atoms with Gasteiger partial charge in [-0.2, -0.15) is 0 Å². The molecule has 2 rings (SSSR count). The highest BCUT2D eigenvalue weighted by atomic mass is 19.1. The van der Waals surface area contributed by atoms with Gasteiger partial charge in [0.2, 0.25) is 0 Å². The summed E-state index contributed by atoms with van der Waals surface area (Å²) < 4.78 is 32.2. The molecule has 0 N–H and O–H groups in total. The second-order valence-electron chi connectivity index (χ2n) is 5.06. The zero-order valence-electron chi connectivity index (χ0n) is 12.1. The molecule has 1 aromatic carbocycles. The van der Waals surface area contributed by atoms with Gasteiger partial charge >= 0.3 is 0 Å². The number of aryl methyl sites for hydroxylation is 2. The first kappa shape index (κ1) is 14.7. The van der Waals surface area contributed by atoms with Crippen LogP contribution in [0.2, 0.25) is 0 Å². The van der Waals surface area contributed by atoms with Gasteiger partial charge in [0.15, 0.2) is 0 Å². The van der Waals surface area contributed by atoms with Crippen LogP contribution in [0.5, 0.6) is 0 Å². The number of halogens is 2. The minimum absolute atomic E-state index is 0.251. The fourth-order valence-corrected chi connectivity index (χ4v) is 2.19. The van der Waals surface area contributed by atoms with Crippen molar-refractivity contribution in [3.63, 3.8) is 0 Å². The van der Waals surface area contributed by atoms with Gasteiger partial charge in [0, 0.05) is 23.7 Å². The molecule has 0 amide bonds. The molecule has 108 valence electrons. The van der Waals surface area contributed by atoms with Crippen LogP contribution in [0.1, 0.15) is 35.5 Å². The van der Waals surface area contributed by atoms with Crippen LogP contribution in [-0.2, 0) is 6.54 Å². The van der Waals surface area contributed by atoms with Crippen LogP contribution in [0.3, 0.4) is 0 Å². The van der Waals surface area contributed by atoms with Crippen LogP contribution in [0.4, 0.5) is 8.78 Å². The van der Waals surface area contributed by atoms with E-state index >= 15 is 0 Å². The highest BCUT2D eigenvalue weighted by molar-refractivity contribution is 5.24. The minimum atomic E-state index is -0.431. The molecule has 3 nitrogen and oxygen atoms in total. The molecule has 0 unspecified atom stereocenters. The molecule has 0 aliphatic heterocycles. The Morgan fingerprint density at radius 2 is 2.00 bits per heavy atom. The van der Waals surface area contributed by atoms with Crippen molar-refractivity contribution in [2.45, 2.75) is 33.4 Å². The topological polar surface area (TPSA) is 29.3 Å². The summed E-state index contributed by atoms with van der Waals surface area (Å²) in [4.78, 5) is 1.93. The molecular formula is C15H18F2N2O. The van der Waals surface area contributed by atoms with E-state index in [9.17, 15) is 8.78 Å². The van der Waals surface area contributed by atoms with E-state index in [0.717, 1.165) is 29.2 Å². The van der Waals surface area contributed by atoms with Crippen LogP contribution >= 0.6 is 0 Å². The summed E-state index contributed by atoms with van der Waals surface area (Å²) in [6.45, 7) is 6.12. The highest BCUT2D eigenvalue weighted by Crippen LogP contribution is 2.25. The van der Waals surface area contributed by atoms with Gasteiger partial charge in [-0.1, -0.05) is 5.16 Å². The van der Waals surface area contributed by atoms with Crippen LogP contribution in [0.25, 0.3) is 0 Å². The second-order valence-corrected chi connectivity index (χ2v) is 5.06. The molecule has 0 aliphatic rings. The average molecular weight is 280 g/mol. The third-order valence-corrected chi connectivity index (χ3v) is 3.66. The minimum Gasteiger partial charge on any atom is -0.361 e. The molecule has 1 aromatic heterocycles. The molecule has 0 spiro atoms. The predicted octanol–water partition coefficient (Wildman–Crippen LogP) is 3.76. The lowest BCUT2D eigenvalue weighted by Crippen LogP contribution is -2.23. The summed E-state index contributed by atoms with van der Waals surface area (Å²) in [5.74, 6) is -0.0789. The molecule has 0 aliphatic carbocycles. The van der Waals surface area contributed by atoms with Gasteiger partial charge < -0.3 is 4.52 Å². The molecule has 0 saturated heterocycles. The summed E-state index contributed by atoms with van der Waals surface area (Å²) >= 11 is 0. The van der Waals surface area contributed by atoms with Gasteiger partial charge in [0.25, 0.3) is 0 Å². The summed E-state index contributed by atoms with van der Waals surface area (Å²) in [6.07, 6.45) is 0. The van der Waals surface area contributed by atoms with E-state index in [2.05, 4.69) is 5.16 Å². The monoisotopic (exact) mass is 280 g/mol. The van der Waals surface area contributed by atoms with Crippen molar-refractivity contribution >= 4 is 0 Å². The number of nitrogens with zero attached hydrogens (tertiary/aromatic N) is 2. The quantitative estimate of drug-likeness (QED) is 0.854. The number of aromatic nitrogens is 1. The number of hydrogen-bond donors (Lipinski definition) is 0. The lowest BCUT2D eigenvalue weighted by Gasteiger charge is -2.25. The molecule has 1 heterocycles. The molecule has 5 heteroatoms. The first-order valence-electron chi connectivity index (χ1n) is 6.47. The summed E-state index contributed by atoms with van der Waals surface area (Å²) in [7, 11) is 1.86. The van der Waals surface area contributed by atoms with Crippen molar-refractivity contribution in [1.29, 1.82) is 0 Å². The van der Waals surface area contributed by atoms with Gasteiger partial charge in [-0.3, -0.25) is 4.90 Å². The lowest BCUT2D eigenvalue weighted by molar-refractivity contribution is 0.245. The van der Waals surface area contributed by atoms with Crippen LogP contribution < -0.4 is 0 Å². The number of hydrogen-bond acceptors (Lipinski definition) is 3. The van der Waals surface area contributed by atoms with Gasteiger partial charge in [-0.25, -0.2) is 8.78 Å². The normalized spacial score (nSPS) is 12.9. The predicted molar refractivity (Wildman–Crippen MR) is 72.2 cm³/mol. The largest absolute Gasteiger partial charge is 0.361 e. The Balaban J connectivity index is 2.20. The third kappa shape index (κ3) is 2.88. The average Bonchev–Trinajstić information content (AvgIpc) is 2.72. The maximum absolute atomic E-state index is 13.8. The van der Waals surface area contributed by atoms with Crippen LogP contribution in [0, 0.1) is 25.5 Å². The first-order valence-corrected chi connectivity index (χ1v) is 6.47. The molecule has 2 aromatic rings. The van der Waals surface area contributed by atoms with E-state index in [1.54, 1.807) is 0 Å². The van der Waals surface area contributed by atoms with E-state index in [1.807, 2.05) is 32.7 Å². The standard InChI is InChI=1S/C15H18F2N2O/c1-9-14(11(3)20-18-9)8-19(4)10(2)13-7-12(16)5-6-15(13)17/h5-7,10H,8H2,1-4H3/t10-/m0/s1. The Bertz CT molecular complexity index is 590. The van der Waals surface area contributed by atoms with Crippen molar-refractivity contribution in [1.82, 2.24) is 10.1 Å². The van der Waals surface area contributed by atoms with Gasteiger partial charge in [0.1, 0.15) is 17.4 Å². The Labute approximate surface area is 117 Å². The van der Waals surface area contributed by atoms with Gasteiger partial charge in [0.05, 0.1) is 5.69 Å². The second kappa shape index (κ2) is 5.71. The Morgan fingerprint density at radius 3 is 2.60 bits per heavy atom. The Morgan fingerprint density at radius 1 is 1.30 bits per heavy atom. The Kier molecular flexibility index (Phi) is 4.18. The van der Waals surface area contributed by atoms with Crippen molar-refractivity contribution in [3.05, 3.63) is 52.4 Å². The van der Waals surface area contributed by atoms with E-state index in [0.29, 0.717) is 12.1 Å². The summed E-state index contributed by atoms with van der Waals surface area (Å²) in [6, 6.07) is 3.27. The smallest absolute Gasteiger partial charge is 0.138 e. The van der Waals surface area contributed by atoms with Gasteiger partial charge in [-0.15, -0.1) is 0 Å². The maximum atomic E-state index is 13.8. The van der Waals surface area contributed by atoms with Crippen molar-refractivity contribution in [2.75, 3.05) is 7.05 Å². The van der Waals surface area contributed by atoms with Crippen LogP contribution in [-0.4, -0.2) is 17.1 Å². The van der Waals surface area contributed by atoms with Crippen molar-refractivity contribution in [2.24, 2.45) is 0 Å². The maximum Gasteiger partial charge on any atom is 0.138 e. The fraction of sp³-hybridized carbons (Fsp3) is 0.400. The van der Waals surface area contributed by atoms with E-state index in [-0.39, 0.29) is 6.04 Å². The SMILES string of the molecule is Cc1noc(C)c1CN(C)[C@@H](C)c1cc(F)ccc1F. The van der Waals surface area contributed by atoms with E-state index in [4.69, 9.17) is 4.52 Å². The molecule has 0 fully saturated rings. The Hall–Kier alpha value is -1.75. The highest BCUT2D eigenvalue weighted by Gasteiger charge is 2.19. The molecule has 0 saturated carbocycles. The number of rotatable bonds is 4. The zero-order valence-corrected chi connectivity index (χ0v) is 12.1. The van der Waals surface area contributed by atoms with E-state index < -0.39 is 11.6 Å². The van der Waals surface area contributed by atoms with E-state index in [1.165, 1.54) is 6.07 Å². The molecule has 20 heavy (non-hydrogen) atoms. The molecule has 0 radical (unpaired) electrons.